The fourth-order valence-electron chi connectivity index (χ4n) is 3.90. The lowest BCUT2D eigenvalue weighted by Gasteiger charge is -2.24. The summed E-state index contributed by atoms with van der Waals surface area (Å²) in [6.45, 7) is 5.02. The quantitative estimate of drug-likeness (QED) is 0.600. The molecule has 0 spiro atoms. The van der Waals surface area contributed by atoms with E-state index in [0.29, 0.717) is 30.7 Å². The van der Waals surface area contributed by atoms with E-state index in [1.165, 1.54) is 4.57 Å². The van der Waals surface area contributed by atoms with Gasteiger partial charge in [0.15, 0.2) is 5.65 Å². The molecule has 0 aliphatic heterocycles. The Hall–Kier alpha value is -3.22. The van der Waals surface area contributed by atoms with Crippen molar-refractivity contribution in [3.8, 4) is 0 Å². The number of anilines is 1. The van der Waals surface area contributed by atoms with Crippen molar-refractivity contribution in [2.24, 2.45) is 0 Å². The van der Waals surface area contributed by atoms with E-state index in [4.69, 9.17) is 0 Å². The average molecular weight is 421 g/mol. The van der Waals surface area contributed by atoms with Crippen LogP contribution in [0, 0.1) is 0 Å². The standard InChI is InChI=1S/C24H28N4O3/c1-3-5-14-27(17-9-7-6-8-10-17)23(30)18-15-19(16-11-12-16)25-21-20(18)22(29)26-24(31)28(21)13-4-2/h6-10,15-16H,3-5,11-14H2,1-2H3,(H,26,29,31). The highest BCUT2D eigenvalue weighted by Crippen LogP contribution is 2.40. The number of aromatic amines is 1. The Morgan fingerprint density at radius 1 is 1.16 bits per heavy atom. The Morgan fingerprint density at radius 3 is 2.55 bits per heavy atom. The van der Waals surface area contributed by atoms with E-state index in [1.807, 2.05) is 37.3 Å². The van der Waals surface area contributed by atoms with Gasteiger partial charge in [-0.25, -0.2) is 9.78 Å². The van der Waals surface area contributed by atoms with Gasteiger partial charge in [-0.15, -0.1) is 0 Å². The van der Waals surface area contributed by atoms with E-state index in [2.05, 4.69) is 16.9 Å². The van der Waals surface area contributed by atoms with Gasteiger partial charge in [-0.2, -0.15) is 0 Å². The second kappa shape index (κ2) is 8.88. The van der Waals surface area contributed by atoms with Crippen LogP contribution in [0.3, 0.4) is 0 Å². The lowest BCUT2D eigenvalue weighted by Crippen LogP contribution is -2.36. The number of pyridine rings is 1. The third kappa shape index (κ3) is 4.17. The number of hydrogen-bond donors (Lipinski definition) is 1. The Kier molecular flexibility index (Phi) is 6.02. The second-order valence-electron chi connectivity index (χ2n) is 8.12. The fourth-order valence-corrected chi connectivity index (χ4v) is 3.90. The predicted molar refractivity (Wildman–Crippen MR) is 122 cm³/mol. The number of aryl methyl sites for hydroxylation is 1. The fraction of sp³-hybridized carbons (Fsp3) is 0.417. The van der Waals surface area contributed by atoms with Crippen LogP contribution in [0.1, 0.15) is 67.9 Å². The summed E-state index contributed by atoms with van der Waals surface area (Å²) in [5.74, 6) is 0.0439. The minimum Gasteiger partial charge on any atom is -0.308 e. The van der Waals surface area contributed by atoms with Crippen LogP contribution in [0.15, 0.2) is 46.0 Å². The number of hydrogen-bond acceptors (Lipinski definition) is 4. The van der Waals surface area contributed by atoms with Gasteiger partial charge in [0.05, 0.1) is 10.9 Å². The molecule has 2 aromatic heterocycles. The molecule has 7 nitrogen and oxygen atoms in total. The largest absolute Gasteiger partial charge is 0.329 e. The van der Waals surface area contributed by atoms with E-state index >= 15 is 0 Å². The van der Waals surface area contributed by atoms with Crippen molar-refractivity contribution in [1.29, 1.82) is 0 Å². The third-order valence-corrected chi connectivity index (χ3v) is 5.69. The lowest BCUT2D eigenvalue weighted by atomic mass is 10.1. The molecule has 0 bridgehead atoms. The summed E-state index contributed by atoms with van der Waals surface area (Å²) < 4.78 is 1.48. The minimum absolute atomic E-state index is 0.194. The maximum absolute atomic E-state index is 13.8. The van der Waals surface area contributed by atoms with Gasteiger partial charge >= 0.3 is 5.69 Å². The zero-order valence-corrected chi connectivity index (χ0v) is 18.1. The van der Waals surface area contributed by atoms with Crippen LogP contribution in [-0.4, -0.2) is 27.0 Å². The molecule has 4 rings (SSSR count). The Labute approximate surface area is 180 Å². The molecule has 2 heterocycles. The maximum atomic E-state index is 13.8. The molecule has 1 amide bonds. The van der Waals surface area contributed by atoms with Crippen molar-refractivity contribution in [3.63, 3.8) is 0 Å². The number of para-hydroxylation sites is 1. The molecule has 1 fully saturated rings. The number of aromatic nitrogens is 3. The zero-order valence-electron chi connectivity index (χ0n) is 18.1. The van der Waals surface area contributed by atoms with Crippen LogP contribution in [-0.2, 0) is 6.54 Å². The first-order chi connectivity index (χ1) is 15.0. The monoisotopic (exact) mass is 420 g/mol. The van der Waals surface area contributed by atoms with Gasteiger partial charge in [-0.05, 0) is 43.9 Å². The average Bonchev–Trinajstić information content (AvgIpc) is 3.62. The molecule has 162 valence electrons. The van der Waals surface area contributed by atoms with Crippen LogP contribution in [0.2, 0.25) is 0 Å². The van der Waals surface area contributed by atoms with Gasteiger partial charge in [0, 0.05) is 30.4 Å². The number of amides is 1. The Bertz CT molecular complexity index is 1210. The van der Waals surface area contributed by atoms with Crippen molar-refractivity contribution < 1.29 is 4.79 Å². The normalized spacial score (nSPS) is 13.5. The van der Waals surface area contributed by atoms with Gasteiger partial charge in [-0.3, -0.25) is 19.1 Å². The van der Waals surface area contributed by atoms with Crippen molar-refractivity contribution in [2.45, 2.75) is 58.4 Å². The summed E-state index contributed by atoms with van der Waals surface area (Å²) in [7, 11) is 0. The zero-order chi connectivity index (χ0) is 22.0. The van der Waals surface area contributed by atoms with E-state index in [9.17, 15) is 14.4 Å². The number of benzene rings is 1. The summed E-state index contributed by atoms with van der Waals surface area (Å²) in [6.07, 6.45) is 4.51. The third-order valence-electron chi connectivity index (χ3n) is 5.69. The summed E-state index contributed by atoms with van der Waals surface area (Å²) >= 11 is 0. The first kappa shape index (κ1) is 21.0. The van der Waals surface area contributed by atoms with Crippen molar-refractivity contribution in [2.75, 3.05) is 11.4 Å². The molecule has 1 aliphatic carbocycles. The predicted octanol–water partition coefficient (Wildman–Crippen LogP) is 3.82. The highest BCUT2D eigenvalue weighted by molar-refractivity contribution is 6.13. The van der Waals surface area contributed by atoms with Gasteiger partial charge < -0.3 is 4.90 Å². The highest BCUT2D eigenvalue weighted by Gasteiger charge is 2.30. The topological polar surface area (TPSA) is 88.1 Å². The van der Waals surface area contributed by atoms with E-state index in [1.54, 1.807) is 11.0 Å². The molecular weight excluding hydrogens is 392 g/mol. The number of rotatable bonds is 8. The SMILES string of the molecule is CCCCN(C(=O)c1cc(C2CC2)nc2c1c(=O)[nH]c(=O)n2CCC)c1ccccc1. The second-order valence-corrected chi connectivity index (χ2v) is 8.12. The van der Waals surface area contributed by atoms with E-state index < -0.39 is 11.2 Å². The molecule has 3 aromatic rings. The summed E-state index contributed by atoms with van der Waals surface area (Å²) in [4.78, 5) is 48.0. The van der Waals surface area contributed by atoms with Gasteiger partial charge in [0.25, 0.3) is 11.5 Å². The smallest absolute Gasteiger partial charge is 0.308 e. The van der Waals surface area contributed by atoms with Crippen LogP contribution >= 0.6 is 0 Å². The number of unbranched alkanes of at least 4 members (excludes halogenated alkanes) is 1. The van der Waals surface area contributed by atoms with Crippen molar-refractivity contribution >= 4 is 22.6 Å². The molecule has 0 saturated heterocycles. The van der Waals surface area contributed by atoms with Gasteiger partial charge in [0.2, 0.25) is 0 Å². The molecule has 1 aromatic carbocycles. The molecule has 0 atom stereocenters. The molecule has 31 heavy (non-hydrogen) atoms. The highest BCUT2D eigenvalue weighted by atomic mass is 16.2. The van der Waals surface area contributed by atoms with Crippen LogP contribution in [0.5, 0.6) is 0 Å². The molecule has 1 aliphatic rings. The first-order valence-electron chi connectivity index (χ1n) is 11.1. The number of carbonyl (C=O) groups excluding carboxylic acids is 1. The first-order valence-corrected chi connectivity index (χ1v) is 11.1. The Morgan fingerprint density at radius 2 is 1.90 bits per heavy atom. The lowest BCUT2D eigenvalue weighted by molar-refractivity contribution is 0.0988. The van der Waals surface area contributed by atoms with Crippen LogP contribution in [0.4, 0.5) is 5.69 Å². The number of fused-ring (bicyclic) bond motifs is 1. The van der Waals surface area contributed by atoms with E-state index in [-0.39, 0.29) is 17.2 Å². The molecule has 0 radical (unpaired) electrons. The number of carbonyl (C=O) groups is 1. The molecular formula is C24H28N4O3. The van der Waals surface area contributed by atoms with Gasteiger partial charge in [0.1, 0.15) is 0 Å². The summed E-state index contributed by atoms with van der Waals surface area (Å²) in [6, 6.07) is 11.3. The van der Waals surface area contributed by atoms with E-state index in [0.717, 1.165) is 37.1 Å². The van der Waals surface area contributed by atoms with Crippen molar-refractivity contribution in [1.82, 2.24) is 14.5 Å². The minimum atomic E-state index is -0.561. The van der Waals surface area contributed by atoms with Crippen molar-refractivity contribution in [3.05, 3.63) is 68.5 Å². The molecule has 0 unspecified atom stereocenters. The maximum Gasteiger partial charge on any atom is 0.329 e. The van der Waals surface area contributed by atoms with Crippen LogP contribution in [0.25, 0.3) is 11.0 Å². The van der Waals surface area contributed by atoms with Crippen LogP contribution < -0.4 is 16.1 Å². The molecule has 1 saturated carbocycles. The number of H-pyrrole nitrogens is 1. The summed E-state index contributed by atoms with van der Waals surface area (Å²) in [5, 5.41) is 0.194. The molecule has 7 heteroatoms. The number of nitrogens with zero attached hydrogens (tertiary/aromatic N) is 3. The molecule has 1 N–H and O–H groups in total. The summed E-state index contributed by atoms with van der Waals surface area (Å²) in [5.41, 5.74) is 1.16. The Balaban J connectivity index is 1.94. The van der Waals surface area contributed by atoms with Gasteiger partial charge in [-0.1, -0.05) is 38.5 Å². The number of nitrogens with one attached hydrogen (secondary N) is 1.